The minimum absolute atomic E-state index is 0.112. The van der Waals surface area contributed by atoms with E-state index < -0.39 is 0 Å². The van der Waals surface area contributed by atoms with Gasteiger partial charge in [-0.2, -0.15) is 0 Å². The van der Waals surface area contributed by atoms with Crippen LogP contribution in [-0.2, 0) is 11.2 Å². The molecule has 0 bridgehead atoms. The van der Waals surface area contributed by atoms with Crippen LogP contribution in [-0.4, -0.2) is 20.4 Å². The fourth-order valence-electron chi connectivity index (χ4n) is 3.58. The van der Waals surface area contributed by atoms with Gasteiger partial charge in [-0.3, -0.25) is 9.59 Å². The molecule has 33 heavy (non-hydrogen) atoms. The monoisotopic (exact) mass is 452 g/mol. The number of fused-ring (bicyclic) bond motifs is 1. The highest BCUT2D eigenvalue weighted by atomic mass is 32.1. The molecule has 0 radical (unpaired) electrons. The van der Waals surface area contributed by atoms with Gasteiger partial charge in [-0.05, 0) is 31.2 Å². The van der Waals surface area contributed by atoms with Gasteiger partial charge in [-0.1, -0.05) is 60.2 Å². The molecule has 162 valence electrons. The molecule has 0 saturated heterocycles. The van der Waals surface area contributed by atoms with Crippen LogP contribution in [0.25, 0.3) is 27.4 Å². The minimum Gasteiger partial charge on any atom is -0.326 e. The second-order valence-corrected chi connectivity index (χ2v) is 8.51. The van der Waals surface area contributed by atoms with Crippen LogP contribution >= 0.6 is 11.3 Å². The first kappa shape index (κ1) is 20.8. The number of aryl methyl sites for hydroxylation is 1. The van der Waals surface area contributed by atoms with Crippen molar-refractivity contribution in [1.82, 2.24) is 14.5 Å². The topological polar surface area (TPSA) is 76.9 Å². The highest BCUT2D eigenvalue weighted by Gasteiger charge is 2.17. The number of nitrogens with zero attached hydrogens (tertiary/aromatic N) is 3. The highest BCUT2D eigenvalue weighted by Crippen LogP contribution is 2.24. The van der Waals surface area contributed by atoms with E-state index in [1.165, 1.54) is 15.9 Å². The van der Waals surface area contributed by atoms with Crippen LogP contribution in [0.4, 0.5) is 5.69 Å². The number of hydrogen-bond donors (Lipinski definition) is 1. The molecule has 0 aliphatic carbocycles. The second kappa shape index (κ2) is 8.80. The number of para-hydroxylation sites is 1. The summed E-state index contributed by atoms with van der Waals surface area (Å²) in [5.41, 5.74) is 3.72. The molecule has 3 aromatic carbocycles. The zero-order valence-corrected chi connectivity index (χ0v) is 18.7. The van der Waals surface area contributed by atoms with Crippen molar-refractivity contribution < 1.29 is 4.79 Å². The Balaban J connectivity index is 1.51. The lowest BCUT2D eigenvalue weighted by atomic mass is 10.2. The van der Waals surface area contributed by atoms with Crippen molar-refractivity contribution in [3.8, 4) is 16.5 Å². The SMILES string of the molecule is Cc1ccc(NC(=O)Cc2csc(-n3c(-c4ccccc4)nc4ccccc4c3=O)n2)cc1. The molecule has 0 fully saturated rings. The molecule has 0 aliphatic rings. The first-order chi connectivity index (χ1) is 16.1. The van der Waals surface area contributed by atoms with Gasteiger partial charge >= 0.3 is 0 Å². The van der Waals surface area contributed by atoms with Crippen molar-refractivity contribution in [3.05, 3.63) is 106 Å². The number of thiazole rings is 1. The van der Waals surface area contributed by atoms with Crippen molar-refractivity contribution in [1.29, 1.82) is 0 Å². The third-order valence-corrected chi connectivity index (χ3v) is 6.09. The summed E-state index contributed by atoms with van der Waals surface area (Å²) >= 11 is 1.32. The number of carbonyl (C=O) groups is 1. The minimum atomic E-state index is -0.190. The normalized spacial score (nSPS) is 10.9. The number of anilines is 1. The Kier molecular flexibility index (Phi) is 5.54. The smallest absolute Gasteiger partial charge is 0.268 e. The van der Waals surface area contributed by atoms with Gasteiger partial charge in [0, 0.05) is 16.6 Å². The standard InChI is InChI=1S/C26H20N4O2S/c1-17-11-13-19(14-12-17)27-23(31)15-20-16-33-26(28-20)30-24(18-7-3-2-4-8-18)29-22-10-6-5-9-21(22)25(30)32/h2-14,16H,15H2,1H3,(H,27,31). The van der Waals surface area contributed by atoms with Gasteiger partial charge in [-0.25, -0.2) is 14.5 Å². The third kappa shape index (κ3) is 4.31. The largest absolute Gasteiger partial charge is 0.326 e. The third-order valence-electron chi connectivity index (χ3n) is 5.22. The highest BCUT2D eigenvalue weighted by molar-refractivity contribution is 7.12. The van der Waals surface area contributed by atoms with Crippen LogP contribution in [0.2, 0.25) is 0 Å². The Morgan fingerprint density at radius 1 is 0.939 bits per heavy atom. The summed E-state index contributed by atoms with van der Waals surface area (Å²) in [5.74, 6) is 0.354. The lowest BCUT2D eigenvalue weighted by molar-refractivity contribution is -0.115. The van der Waals surface area contributed by atoms with Gasteiger partial charge in [0.05, 0.1) is 23.0 Å². The van der Waals surface area contributed by atoms with Crippen molar-refractivity contribution in [2.24, 2.45) is 0 Å². The lowest BCUT2D eigenvalue weighted by Gasteiger charge is -2.11. The summed E-state index contributed by atoms with van der Waals surface area (Å²) in [6.45, 7) is 2.00. The summed E-state index contributed by atoms with van der Waals surface area (Å²) in [5, 5.41) is 5.69. The molecule has 0 aliphatic heterocycles. The van der Waals surface area contributed by atoms with Crippen LogP contribution in [0.15, 0.2) is 89.0 Å². The van der Waals surface area contributed by atoms with E-state index in [9.17, 15) is 9.59 Å². The fraction of sp³-hybridized carbons (Fsp3) is 0.0769. The summed E-state index contributed by atoms with van der Waals surface area (Å²) in [7, 11) is 0. The molecule has 0 atom stereocenters. The quantitative estimate of drug-likeness (QED) is 0.407. The summed E-state index contributed by atoms with van der Waals surface area (Å²) in [6.07, 6.45) is 0.112. The summed E-state index contributed by atoms with van der Waals surface area (Å²) < 4.78 is 1.53. The molecular formula is C26H20N4O2S. The van der Waals surface area contributed by atoms with Crippen molar-refractivity contribution in [3.63, 3.8) is 0 Å². The zero-order chi connectivity index (χ0) is 22.8. The number of benzene rings is 3. The number of amides is 1. The number of aromatic nitrogens is 3. The molecule has 5 aromatic rings. The molecule has 2 aromatic heterocycles. The maximum atomic E-state index is 13.4. The number of carbonyl (C=O) groups excluding carboxylic acids is 1. The van der Waals surface area contributed by atoms with E-state index in [1.54, 1.807) is 11.4 Å². The van der Waals surface area contributed by atoms with Crippen molar-refractivity contribution in [2.45, 2.75) is 13.3 Å². The fourth-order valence-corrected chi connectivity index (χ4v) is 4.40. The molecule has 0 unspecified atom stereocenters. The first-order valence-electron chi connectivity index (χ1n) is 10.5. The van der Waals surface area contributed by atoms with Gasteiger partial charge in [0.25, 0.3) is 5.56 Å². The average Bonchev–Trinajstić information content (AvgIpc) is 3.28. The predicted molar refractivity (Wildman–Crippen MR) is 132 cm³/mol. The van der Waals surface area contributed by atoms with Gasteiger partial charge in [0.2, 0.25) is 5.91 Å². The zero-order valence-electron chi connectivity index (χ0n) is 17.9. The molecule has 0 saturated carbocycles. The van der Waals surface area contributed by atoms with Gasteiger partial charge < -0.3 is 5.32 Å². The Morgan fingerprint density at radius 3 is 2.45 bits per heavy atom. The van der Waals surface area contributed by atoms with E-state index >= 15 is 0 Å². The first-order valence-corrected chi connectivity index (χ1v) is 11.3. The molecule has 1 N–H and O–H groups in total. The molecule has 0 spiro atoms. The number of nitrogens with one attached hydrogen (secondary N) is 1. The molecule has 5 rings (SSSR count). The Hall–Kier alpha value is -4.10. The Bertz CT molecular complexity index is 1510. The molecule has 7 heteroatoms. The van der Waals surface area contributed by atoms with E-state index in [1.807, 2.05) is 79.7 Å². The lowest BCUT2D eigenvalue weighted by Crippen LogP contribution is -2.22. The Morgan fingerprint density at radius 2 is 1.67 bits per heavy atom. The molecule has 1 amide bonds. The van der Waals surface area contributed by atoms with Crippen LogP contribution in [0.3, 0.4) is 0 Å². The van der Waals surface area contributed by atoms with E-state index in [0.29, 0.717) is 27.6 Å². The van der Waals surface area contributed by atoms with Crippen LogP contribution in [0.5, 0.6) is 0 Å². The maximum Gasteiger partial charge on any atom is 0.268 e. The second-order valence-electron chi connectivity index (χ2n) is 7.67. The summed E-state index contributed by atoms with van der Waals surface area (Å²) in [6, 6.07) is 24.5. The average molecular weight is 453 g/mol. The van der Waals surface area contributed by atoms with Gasteiger partial charge in [0.15, 0.2) is 5.13 Å². The molecule has 2 heterocycles. The van der Waals surface area contributed by atoms with Crippen molar-refractivity contribution in [2.75, 3.05) is 5.32 Å². The predicted octanol–water partition coefficient (Wildman–Crippen LogP) is 5.00. The van der Waals surface area contributed by atoms with Crippen LogP contribution in [0.1, 0.15) is 11.3 Å². The maximum absolute atomic E-state index is 13.4. The molecular weight excluding hydrogens is 432 g/mol. The van der Waals surface area contributed by atoms with Gasteiger partial charge in [0.1, 0.15) is 5.82 Å². The van der Waals surface area contributed by atoms with E-state index in [0.717, 1.165) is 16.8 Å². The summed E-state index contributed by atoms with van der Waals surface area (Å²) in [4.78, 5) is 35.3. The van der Waals surface area contributed by atoms with Crippen molar-refractivity contribution >= 4 is 33.8 Å². The van der Waals surface area contributed by atoms with E-state index in [2.05, 4.69) is 10.3 Å². The van der Waals surface area contributed by atoms with Crippen LogP contribution < -0.4 is 10.9 Å². The Labute approximate surface area is 194 Å². The molecule has 6 nitrogen and oxygen atoms in total. The van der Waals surface area contributed by atoms with Crippen LogP contribution in [0, 0.1) is 6.92 Å². The number of hydrogen-bond acceptors (Lipinski definition) is 5. The number of rotatable bonds is 5. The van der Waals surface area contributed by atoms with Gasteiger partial charge in [-0.15, -0.1) is 11.3 Å². The van der Waals surface area contributed by atoms with E-state index in [4.69, 9.17) is 4.98 Å². The van der Waals surface area contributed by atoms with E-state index in [-0.39, 0.29) is 17.9 Å².